The summed E-state index contributed by atoms with van der Waals surface area (Å²) >= 11 is 3.28. The van der Waals surface area contributed by atoms with E-state index < -0.39 is 18.8 Å². The van der Waals surface area contributed by atoms with Crippen LogP contribution in [0.1, 0.15) is 15.9 Å². The number of alkyl halides is 3. The van der Waals surface area contributed by atoms with Gasteiger partial charge in [0.2, 0.25) is 5.88 Å². The van der Waals surface area contributed by atoms with Gasteiger partial charge in [0.25, 0.3) is 5.91 Å². The van der Waals surface area contributed by atoms with Crippen LogP contribution >= 0.6 is 15.9 Å². The number of aromatic nitrogens is 1. The van der Waals surface area contributed by atoms with E-state index in [1.54, 1.807) is 30.3 Å². The molecule has 0 aliphatic heterocycles. The predicted molar refractivity (Wildman–Crippen MR) is 103 cm³/mol. The van der Waals surface area contributed by atoms with Crippen molar-refractivity contribution < 1.29 is 27.5 Å². The molecule has 2 aromatic rings. The summed E-state index contributed by atoms with van der Waals surface area (Å²) in [4.78, 5) is 27.4. The standard InChI is InChI=1S/C18H18BrF3N4O3/c19-14-3-1-2-13(9-14)16(27)24-6-7-25-17(28)26-10-12-4-5-23-15(8-12)29-11-18(20,21)22/h1-5,8-9H,6-7,10-11H2,(H,24,27)(H2,25,26,28). The lowest BCUT2D eigenvalue weighted by Crippen LogP contribution is -2.40. The van der Waals surface area contributed by atoms with Crippen LogP contribution in [0.5, 0.6) is 5.88 Å². The second-order valence-corrected chi connectivity index (χ2v) is 6.70. The van der Waals surface area contributed by atoms with Gasteiger partial charge in [-0.25, -0.2) is 9.78 Å². The smallest absolute Gasteiger partial charge is 0.422 e. The second kappa shape index (κ2) is 10.6. The van der Waals surface area contributed by atoms with Gasteiger partial charge in [0.1, 0.15) is 0 Å². The van der Waals surface area contributed by atoms with E-state index in [1.165, 1.54) is 12.3 Å². The third-order valence-corrected chi connectivity index (χ3v) is 3.91. The van der Waals surface area contributed by atoms with E-state index >= 15 is 0 Å². The molecular weight excluding hydrogens is 457 g/mol. The molecule has 29 heavy (non-hydrogen) atoms. The summed E-state index contributed by atoms with van der Waals surface area (Å²) in [6, 6.07) is 9.25. The molecule has 1 aromatic heterocycles. The molecule has 0 aliphatic rings. The maximum atomic E-state index is 12.2. The summed E-state index contributed by atoms with van der Waals surface area (Å²) in [6.07, 6.45) is -3.17. The van der Waals surface area contributed by atoms with Crippen LogP contribution in [0.3, 0.4) is 0 Å². The van der Waals surface area contributed by atoms with Gasteiger partial charge in [0, 0.05) is 41.9 Å². The molecule has 0 atom stereocenters. The monoisotopic (exact) mass is 474 g/mol. The molecule has 0 spiro atoms. The Labute approximate surface area is 173 Å². The lowest BCUT2D eigenvalue weighted by Gasteiger charge is -2.11. The Morgan fingerprint density at radius 2 is 1.83 bits per heavy atom. The molecule has 0 bridgehead atoms. The van der Waals surface area contributed by atoms with Gasteiger partial charge >= 0.3 is 12.2 Å². The molecule has 3 N–H and O–H groups in total. The van der Waals surface area contributed by atoms with Crippen LogP contribution in [0.15, 0.2) is 47.1 Å². The van der Waals surface area contributed by atoms with Crippen molar-refractivity contribution in [1.82, 2.24) is 20.9 Å². The zero-order valence-corrected chi connectivity index (χ0v) is 16.6. The van der Waals surface area contributed by atoms with Crippen LogP contribution in [0.2, 0.25) is 0 Å². The van der Waals surface area contributed by atoms with E-state index in [4.69, 9.17) is 0 Å². The van der Waals surface area contributed by atoms with Gasteiger partial charge in [-0.1, -0.05) is 22.0 Å². The molecular formula is C18H18BrF3N4O3. The molecule has 3 amide bonds. The van der Waals surface area contributed by atoms with Crippen LogP contribution in [0, 0.1) is 0 Å². The van der Waals surface area contributed by atoms with Crippen LogP contribution in [-0.2, 0) is 6.54 Å². The number of pyridine rings is 1. The van der Waals surface area contributed by atoms with E-state index in [0.29, 0.717) is 11.1 Å². The Morgan fingerprint density at radius 3 is 2.55 bits per heavy atom. The highest BCUT2D eigenvalue weighted by molar-refractivity contribution is 9.10. The molecule has 11 heteroatoms. The van der Waals surface area contributed by atoms with Crippen LogP contribution in [0.25, 0.3) is 0 Å². The first-order valence-electron chi connectivity index (χ1n) is 8.43. The minimum absolute atomic E-state index is 0.0706. The Bertz CT molecular complexity index is 849. The van der Waals surface area contributed by atoms with Gasteiger partial charge in [-0.05, 0) is 29.8 Å². The third kappa shape index (κ3) is 8.81. The summed E-state index contributed by atoms with van der Waals surface area (Å²) in [7, 11) is 0. The summed E-state index contributed by atoms with van der Waals surface area (Å²) in [6.45, 7) is -0.949. The van der Waals surface area contributed by atoms with Gasteiger partial charge in [-0.3, -0.25) is 4.79 Å². The normalized spacial score (nSPS) is 10.9. The van der Waals surface area contributed by atoms with Crippen LogP contribution < -0.4 is 20.7 Å². The number of hydrogen-bond acceptors (Lipinski definition) is 4. The minimum atomic E-state index is -4.46. The average molecular weight is 475 g/mol. The molecule has 0 saturated carbocycles. The Balaban J connectivity index is 1.67. The first kappa shape index (κ1) is 22.5. The first-order valence-corrected chi connectivity index (χ1v) is 9.22. The average Bonchev–Trinajstić information content (AvgIpc) is 2.68. The highest BCUT2D eigenvalue weighted by atomic mass is 79.9. The fraction of sp³-hybridized carbons (Fsp3) is 0.278. The molecule has 156 valence electrons. The number of carbonyl (C=O) groups is 2. The van der Waals surface area contributed by atoms with E-state index in [-0.39, 0.29) is 31.4 Å². The van der Waals surface area contributed by atoms with Crippen molar-refractivity contribution in [1.29, 1.82) is 0 Å². The van der Waals surface area contributed by atoms with Gasteiger partial charge < -0.3 is 20.7 Å². The number of benzene rings is 1. The maximum absolute atomic E-state index is 12.2. The van der Waals surface area contributed by atoms with Crippen molar-refractivity contribution >= 4 is 27.9 Å². The number of ether oxygens (including phenoxy) is 1. The fourth-order valence-electron chi connectivity index (χ4n) is 2.12. The Kier molecular flexibility index (Phi) is 8.25. The number of hydrogen-bond donors (Lipinski definition) is 3. The highest BCUT2D eigenvalue weighted by Crippen LogP contribution is 2.17. The molecule has 0 saturated heterocycles. The minimum Gasteiger partial charge on any atom is -0.468 e. The van der Waals surface area contributed by atoms with Crippen molar-refractivity contribution in [3.8, 4) is 5.88 Å². The van der Waals surface area contributed by atoms with Crippen LogP contribution in [0.4, 0.5) is 18.0 Å². The van der Waals surface area contributed by atoms with Gasteiger partial charge in [-0.15, -0.1) is 0 Å². The SMILES string of the molecule is O=C(NCCNC(=O)c1cccc(Br)c1)NCc1ccnc(OCC(F)(F)F)c1. The van der Waals surface area contributed by atoms with E-state index in [9.17, 15) is 22.8 Å². The van der Waals surface area contributed by atoms with Crippen molar-refractivity contribution in [3.05, 3.63) is 58.2 Å². The number of nitrogens with one attached hydrogen (secondary N) is 3. The van der Waals surface area contributed by atoms with Crippen molar-refractivity contribution in [2.45, 2.75) is 12.7 Å². The lowest BCUT2D eigenvalue weighted by atomic mass is 10.2. The molecule has 1 heterocycles. The highest BCUT2D eigenvalue weighted by Gasteiger charge is 2.28. The molecule has 0 radical (unpaired) electrons. The molecule has 0 fully saturated rings. The van der Waals surface area contributed by atoms with Crippen LogP contribution in [-0.4, -0.2) is 42.8 Å². The second-order valence-electron chi connectivity index (χ2n) is 5.78. The maximum Gasteiger partial charge on any atom is 0.422 e. The third-order valence-electron chi connectivity index (χ3n) is 3.42. The summed E-state index contributed by atoms with van der Waals surface area (Å²) in [5.41, 5.74) is 1.01. The fourth-order valence-corrected chi connectivity index (χ4v) is 2.52. The number of amides is 3. The Morgan fingerprint density at radius 1 is 1.07 bits per heavy atom. The number of urea groups is 1. The molecule has 2 rings (SSSR count). The van der Waals surface area contributed by atoms with Gasteiger partial charge in [-0.2, -0.15) is 13.2 Å². The summed E-state index contributed by atoms with van der Waals surface area (Å²) in [5.74, 6) is -0.450. The molecule has 0 unspecified atom stereocenters. The van der Waals surface area contributed by atoms with E-state index in [0.717, 1.165) is 4.47 Å². The van der Waals surface area contributed by atoms with Crippen molar-refractivity contribution in [2.24, 2.45) is 0 Å². The number of carbonyl (C=O) groups excluding carboxylic acids is 2. The van der Waals surface area contributed by atoms with Gasteiger partial charge in [0.05, 0.1) is 0 Å². The molecule has 1 aromatic carbocycles. The quantitative estimate of drug-likeness (QED) is 0.512. The van der Waals surface area contributed by atoms with Gasteiger partial charge in [0.15, 0.2) is 6.61 Å². The number of rotatable bonds is 8. The largest absolute Gasteiger partial charge is 0.468 e. The summed E-state index contributed by atoms with van der Waals surface area (Å²) in [5, 5.41) is 7.78. The molecule has 0 aliphatic carbocycles. The number of nitrogens with zero attached hydrogens (tertiary/aromatic N) is 1. The summed E-state index contributed by atoms with van der Waals surface area (Å²) < 4.78 is 41.8. The van der Waals surface area contributed by atoms with Crippen molar-refractivity contribution in [3.63, 3.8) is 0 Å². The Hall–Kier alpha value is -2.82. The zero-order chi connectivity index (χ0) is 21.3. The van der Waals surface area contributed by atoms with E-state index in [1.807, 2.05) is 0 Å². The zero-order valence-electron chi connectivity index (χ0n) is 15.1. The first-order chi connectivity index (χ1) is 13.7. The van der Waals surface area contributed by atoms with Crippen molar-refractivity contribution in [2.75, 3.05) is 19.7 Å². The topological polar surface area (TPSA) is 92.4 Å². The lowest BCUT2D eigenvalue weighted by molar-refractivity contribution is -0.154. The number of halogens is 4. The molecule has 7 nitrogen and oxygen atoms in total. The predicted octanol–water partition coefficient (Wildman–Crippen LogP) is 3.01. The van der Waals surface area contributed by atoms with E-state index in [2.05, 4.69) is 41.6 Å².